The Balaban J connectivity index is 2.19. The van der Waals surface area contributed by atoms with Crippen LogP contribution in [0.3, 0.4) is 0 Å². The molecule has 1 rings (SSSR count). The Morgan fingerprint density at radius 1 is 1.47 bits per heavy atom. The summed E-state index contributed by atoms with van der Waals surface area (Å²) in [5.41, 5.74) is 0. The summed E-state index contributed by atoms with van der Waals surface area (Å²) in [6.07, 6.45) is 1.90. The summed E-state index contributed by atoms with van der Waals surface area (Å²) in [6.45, 7) is 1.54. The number of carbonyl (C=O) groups excluding carboxylic acids is 1. The predicted molar refractivity (Wildman–Crippen MR) is 56.9 cm³/mol. The highest BCUT2D eigenvalue weighted by Crippen LogP contribution is 2.07. The van der Waals surface area contributed by atoms with E-state index in [9.17, 15) is 13.2 Å². The molecule has 1 unspecified atom stereocenters. The van der Waals surface area contributed by atoms with Gasteiger partial charge in [-0.3, -0.25) is 4.79 Å². The first-order valence-corrected chi connectivity index (χ1v) is 6.72. The lowest BCUT2D eigenvalue weighted by atomic mass is 10.2. The Morgan fingerprint density at radius 2 is 2.13 bits per heavy atom. The Hall–Kier alpha value is -0.660. The fourth-order valence-corrected chi connectivity index (χ4v) is 1.97. The molecule has 0 saturated carbocycles. The number of nitrogens with one attached hydrogen (secondary N) is 2. The van der Waals surface area contributed by atoms with E-state index in [-0.39, 0.29) is 11.9 Å². The Labute approximate surface area is 90.1 Å². The molecule has 0 spiro atoms. The number of sulfonamides is 1. The van der Waals surface area contributed by atoms with Crippen molar-refractivity contribution in [3.63, 3.8) is 0 Å². The second-order valence-electron chi connectivity index (χ2n) is 3.72. The van der Waals surface area contributed by atoms with Gasteiger partial charge in [0.05, 0.1) is 12.3 Å². The molecule has 1 saturated heterocycles. The normalized spacial score (nSPS) is 22.4. The number of carbonyl (C=O) groups is 1. The third kappa shape index (κ3) is 4.15. The van der Waals surface area contributed by atoms with Gasteiger partial charge in [0.1, 0.15) is 0 Å². The van der Waals surface area contributed by atoms with Crippen LogP contribution in [-0.4, -0.2) is 58.2 Å². The molecule has 0 radical (unpaired) electrons. The smallest absolute Gasteiger partial charge is 0.239 e. The lowest BCUT2D eigenvalue weighted by Crippen LogP contribution is -2.40. The maximum absolute atomic E-state index is 11.4. The first-order valence-electron chi connectivity index (χ1n) is 4.83. The maximum Gasteiger partial charge on any atom is 0.239 e. The van der Waals surface area contributed by atoms with Crippen LogP contribution in [0.2, 0.25) is 0 Å². The van der Waals surface area contributed by atoms with Gasteiger partial charge in [-0.05, 0) is 6.42 Å². The van der Waals surface area contributed by atoms with Crippen molar-refractivity contribution in [3.8, 4) is 0 Å². The number of rotatable bonds is 5. The molecular weight excluding hydrogens is 218 g/mol. The molecule has 1 amide bonds. The van der Waals surface area contributed by atoms with Crippen LogP contribution in [0.15, 0.2) is 0 Å². The minimum atomic E-state index is -3.13. The molecule has 1 fully saturated rings. The van der Waals surface area contributed by atoms with Crippen molar-refractivity contribution < 1.29 is 13.2 Å². The molecule has 1 atom stereocenters. The van der Waals surface area contributed by atoms with Crippen LogP contribution in [-0.2, 0) is 14.8 Å². The van der Waals surface area contributed by atoms with Crippen molar-refractivity contribution in [1.82, 2.24) is 14.9 Å². The molecule has 0 aromatic heterocycles. The fourth-order valence-electron chi connectivity index (χ4n) is 1.49. The van der Waals surface area contributed by atoms with E-state index in [1.165, 1.54) is 0 Å². The van der Waals surface area contributed by atoms with Gasteiger partial charge in [0.25, 0.3) is 0 Å². The Bertz CT molecular complexity index is 328. The van der Waals surface area contributed by atoms with Crippen molar-refractivity contribution >= 4 is 15.9 Å². The molecule has 0 aliphatic carbocycles. The van der Waals surface area contributed by atoms with Crippen LogP contribution in [0.25, 0.3) is 0 Å². The van der Waals surface area contributed by atoms with Crippen molar-refractivity contribution in [2.24, 2.45) is 0 Å². The summed E-state index contributed by atoms with van der Waals surface area (Å²) in [4.78, 5) is 13.1. The third-order valence-electron chi connectivity index (χ3n) is 2.31. The highest BCUT2D eigenvalue weighted by atomic mass is 32.2. The molecule has 88 valence electrons. The van der Waals surface area contributed by atoms with Gasteiger partial charge in [0, 0.05) is 26.7 Å². The summed E-state index contributed by atoms with van der Waals surface area (Å²) in [6, 6.07) is -0.156. The zero-order valence-corrected chi connectivity index (χ0v) is 9.80. The largest absolute Gasteiger partial charge is 0.344 e. The number of hydrogen-bond acceptors (Lipinski definition) is 4. The van der Waals surface area contributed by atoms with Gasteiger partial charge in [-0.2, -0.15) is 0 Å². The Kier molecular flexibility index (Phi) is 4.06. The molecule has 0 aromatic carbocycles. The standard InChI is InChI=1S/C8H17N3O3S/c1-11-6-3-7(8(11)12)9-4-5-10-15(2,13)14/h7,9-10H,3-6H2,1-2H3. The minimum Gasteiger partial charge on any atom is -0.344 e. The molecule has 15 heavy (non-hydrogen) atoms. The summed E-state index contributed by atoms with van der Waals surface area (Å²) in [5.74, 6) is 0.0781. The second kappa shape index (κ2) is 4.91. The second-order valence-corrected chi connectivity index (χ2v) is 5.55. The quantitative estimate of drug-likeness (QED) is 0.560. The molecule has 2 N–H and O–H groups in total. The summed E-state index contributed by atoms with van der Waals surface area (Å²) in [5, 5.41) is 3.02. The van der Waals surface area contributed by atoms with Gasteiger partial charge in [-0.1, -0.05) is 0 Å². The fraction of sp³-hybridized carbons (Fsp3) is 0.875. The number of amides is 1. The highest BCUT2D eigenvalue weighted by molar-refractivity contribution is 7.88. The average Bonchev–Trinajstić information content (AvgIpc) is 2.42. The number of hydrogen-bond donors (Lipinski definition) is 2. The molecular formula is C8H17N3O3S. The van der Waals surface area contributed by atoms with Gasteiger partial charge in [0.15, 0.2) is 0 Å². The Morgan fingerprint density at radius 3 is 2.60 bits per heavy atom. The van der Waals surface area contributed by atoms with Gasteiger partial charge < -0.3 is 10.2 Å². The van der Waals surface area contributed by atoms with E-state index >= 15 is 0 Å². The number of nitrogens with zero attached hydrogens (tertiary/aromatic N) is 1. The number of likely N-dealkylation sites (N-methyl/N-ethyl adjacent to an activating group) is 1. The maximum atomic E-state index is 11.4. The lowest BCUT2D eigenvalue weighted by molar-refractivity contribution is -0.128. The van der Waals surface area contributed by atoms with Crippen LogP contribution in [0.1, 0.15) is 6.42 Å². The summed E-state index contributed by atoms with van der Waals surface area (Å²) < 4.78 is 23.8. The van der Waals surface area contributed by atoms with Crippen LogP contribution in [0, 0.1) is 0 Å². The van der Waals surface area contributed by atoms with Gasteiger partial charge in [0.2, 0.25) is 15.9 Å². The van der Waals surface area contributed by atoms with E-state index < -0.39 is 10.0 Å². The first-order chi connectivity index (χ1) is 6.90. The summed E-state index contributed by atoms with van der Waals surface area (Å²) in [7, 11) is -1.37. The minimum absolute atomic E-state index is 0.0781. The van der Waals surface area contributed by atoms with E-state index in [0.717, 1.165) is 19.2 Å². The zero-order valence-electron chi connectivity index (χ0n) is 8.99. The van der Waals surface area contributed by atoms with E-state index in [1.54, 1.807) is 11.9 Å². The van der Waals surface area contributed by atoms with Gasteiger partial charge in [-0.25, -0.2) is 13.1 Å². The van der Waals surface area contributed by atoms with Crippen molar-refractivity contribution in [2.75, 3.05) is 32.9 Å². The molecule has 0 bridgehead atoms. The van der Waals surface area contributed by atoms with Crippen molar-refractivity contribution in [3.05, 3.63) is 0 Å². The van der Waals surface area contributed by atoms with Crippen molar-refractivity contribution in [1.29, 1.82) is 0 Å². The predicted octanol–water partition coefficient (Wildman–Crippen LogP) is -1.64. The molecule has 7 heteroatoms. The van der Waals surface area contributed by atoms with E-state index in [0.29, 0.717) is 13.1 Å². The highest BCUT2D eigenvalue weighted by Gasteiger charge is 2.27. The molecule has 1 aliphatic rings. The zero-order chi connectivity index (χ0) is 11.5. The summed E-state index contributed by atoms with van der Waals surface area (Å²) >= 11 is 0. The van der Waals surface area contributed by atoms with E-state index in [1.807, 2.05) is 0 Å². The van der Waals surface area contributed by atoms with E-state index in [2.05, 4.69) is 10.0 Å². The van der Waals surface area contributed by atoms with Gasteiger partial charge >= 0.3 is 0 Å². The molecule has 1 heterocycles. The van der Waals surface area contributed by atoms with Crippen LogP contribution < -0.4 is 10.0 Å². The van der Waals surface area contributed by atoms with E-state index in [4.69, 9.17) is 0 Å². The van der Waals surface area contributed by atoms with Crippen LogP contribution in [0.4, 0.5) is 0 Å². The third-order valence-corrected chi connectivity index (χ3v) is 3.04. The van der Waals surface area contributed by atoms with Gasteiger partial charge in [-0.15, -0.1) is 0 Å². The lowest BCUT2D eigenvalue weighted by Gasteiger charge is -2.11. The molecule has 1 aliphatic heterocycles. The van der Waals surface area contributed by atoms with Crippen LogP contribution in [0.5, 0.6) is 0 Å². The monoisotopic (exact) mass is 235 g/mol. The SMILES string of the molecule is CN1CCC(NCCNS(C)(=O)=O)C1=O. The molecule has 0 aromatic rings. The average molecular weight is 235 g/mol. The molecule has 6 nitrogen and oxygen atoms in total. The number of likely N-dealkylation sites (tertiary alicyclic amines) is 1. The first kappa shape index (κ1) is 12.4. The topological polar surface area (TPSA) is 78.5 Å². The van der Waals surface area contributed by atoms with Crippen molar-refractivity contribution in [2.45, 2.75) is 12.5 Å². The van der Waals surface area contributed by atoms with Crippen LogP contribution >= 0.6 is 0 Å².